The number of esters is 1. The summed E-state index contributed by atoms with van der Waals surface area (Å²) in [6, 6.07) is 7.41. The maximum Gasteiger partial charge on any atom is 0.306 e. The summed E-state index contributed by atoms with van der Waals surface area (Å²) in [7, 11) is 0. The highest BCUT2D eigenvalue weighted by atomic mass is 16.5. The van der Waals surface area contributed by atoms with Gasteiger partial charge in [0.25, 0.3) is 11.7 Å². The van der Waals surface area contributed by atoms with Gasteiger partial charge in [-0.2, -0.15) is 9.50 Å². The van der Waals surface area contributed by atoms with Crippen LogP contribution in [0.15, 0.2) is 24.3 Å². The molecule has 1 aromatic carbocycles. The molecule has 9 heteroatoms. The molecule has 0 aliphatic heterocycles. The first-order chi connectivity index (χ1) is 13.7. The van der Waals surface area contributed by atoms with Gasteiger partial charge >= 0.3 is 5.97 Å². The Morgan fingerprint density at radius 1 is 1.24 bits per heavy atom. The molecule has 1 atom stereocenters. The number of nitrogens with one attached hydrogen (secondary N) is 1. The molecule has 152 valence electrons. The summed E-state index contributed by atoms with van der Waals surface area (Å²) >= 11 is 0. The Kier molecular flexibility index (Phi) is 5.76. The molecular formula is C20H24N6O3. The fraction of sp³-hybridized carbons (Fsp3) is 0.350. The van der Waals surface area contributed by atoms with Gasteiger partial charge in [0.2, 0.25) is 5.95 Å². The third-order valence-corrected chi connectivity index (χ3v) is 4.61. The van der Waals surface area contributed by atoms with Crippen LogP contribution >= 0.6 is 0 Å². The second kappa shape index (κ2) is 8.26. The van der Waals surface area contributed by atoms with Crippen LogP contribution in [0.3, 0.4) is 0 Å². The highest BCUT2D eigenvalue weighted by Gasteiger charge is 2.19. The highest BCUT2D eigenvalue weighted by molar-refractivity contribution is 5.95. The monoisotopic (exact) mass is 396 g/mol. The minimum Gasteiger partial charge on any atom is -0.453 e. The first-order valence-corrected chi connectivity index (χ1v) is 9.30. The van der Waals surface area contributed by atoms with Gasteiger partial charge in [0, 0.05) is 23.5 Å². The van der Waals surface area contributed by atoms with Gasteiger partial charge in [-0.1, -0.05) is 12.1 Å². The van der Waals surface area contributed by atoms with Crippen LogP contribution in [0.25, 0.3) is 5.78 Å². The predicted molar refractivity (Wildman–Crippen MR) is 108 cm³/mol. The van der Waals surface area contributed by atoms with Gasteiger partial charge in [-0.3, -0.25) is 9.59 Å². The van der Waals surface area contributed by atoms with Crippen LogP contribution < -0.4 is 11.1 Å². The van der Waals surface area contributed by atoms with Crippen LogP contribution in [0.4, 0.5) is 11.6 Å². The third kappa shape index (κ3) is 4.68. The number of aromatic nitrogens is 4. The van der Waals surface area contributed by atoms with Gasteiger partial charge in [-0.05, 0) is 57.4 Å². The van der Waals surface area contributed by atoms with E-state index in [-0.39, 0.29) is 18.3 Å². The number of ether oxygens (including phenoxy) is 1. The molecule has 0 aliphatic carbocycles. The van der Waals surface area contributed by atoms with Crippen LogP contribution in [0.5, 0.6) is 0 Å². The molecule has 3 rings (SSSR count). The lowest BCUT2D eigenvalue weighted by Gasteiger charge is -2.14. The number of hydrogen-bond acceptors (Lipinski definition) is 7. The van der Waals surface area contributed by atoms with E-state index in [1.807, 2.05) is 39.0 Å². The van der Waals surface area contributed by atoms with Gasteiger partial charge in [0.1, 0.15) is 0 Å². The average molecular weight is 396 g/mol. The molecule has 2 aromatic heterocycles. The van der Waals surface area contributed by atoms with Gasteiger partial charge in [-0.15, -0.1) is 5.10 Å². The zero-order valence-corrected chi connectivity index (χ0v) is 16.9. The predicted octanol–water partition coefficient (Wildman–Crippen LogP) is 2.13. The fourth-order valence-corrected chi connectivity index (χ4v) is 3.09. The number of aryl methyl sites for hydroxylation is 3. The number of nitrogens with two attached hydrogens (primary N) is 1. The van der Waals surface area contributed by atoms with E-state index in [0.29, 0.717) is 17.9 Å². The first kappa shape index (κ1) is 20.2. The van der Waals surface area contributed by atoms with Gasteiger partial charge in [-0.25, -0.2) is 4.98 Å². The van der Waals surface area contributed by atoms with Crippen molar-refractivity contribution in [3.8, 4) is 0 Å². The summed E-state index contributed by atoms with van der Waals surface area (Å²) in [5.74, 6) is -0.276. The number of hydrogen-bond donors (Lipinski definition) is 2. The van der Waals surface area contributed by atoms with Crippen LogP contribution in [0.2, 0.25) is 0 Å². The minimum absolute atomic E-state index is 0.112. The van der Waals surface area contributed by atoms with Crippen molar-refractivity contribution in [2.75, 3.05) is 11.1 Å². The van der Waals surface area contributed by atoms with Crippen molar-refractivity contribution in [3.63, 3.8) is 0 Å². The molecule has 29 heavy (non-hydrogen) atoms. The molecule has 0 aliphatic rings. The number of rotatable bonds is 6. The van der Waals surface area contributed by atoms with Crippen molar-refractivity contribution < 1.29 is 14.3 Å². The Hall–Kier alpha value is -3.49. The zero-order valence-electron chi connectivity index (χ0n) is 16.9. The number of anilines is 2. The van der Waals surface area contributed by atoms with Gasteiger partial charge in [0.05, 0.1) is 0 Å². The van der Waals surface area contributed by atoms with Crippen molar-refractivity contribution in [2.45, 2.75) is 46.6 Å². The topological polar surface area (TPSA) is 124 Å². The Morgan fingerprint density at radius 2 is 2.00 bits per heavy atom. The van der Waals surface area contributed by atoms with Crippen molar-refractivity contribution in [3.05, 3.63) is 46.8 Å². The molecule has 2 heterocycles. The Labute approximate surface area is 168 Å². The summed E-state index contributed by atoms with van der Waals surface area (Å²) in [6.45, 7) is 7.19. The van der Waals surface area contributed by atoms with Gasteiger partial charge < -0.3 is 15.8 Å². The number of nitrogen functional groups attached to an aromatic ring is 1. The van der Waals surface area contributed by atoms with E-state index in [4.69, 9.17) is 10.5 Å². The van der Waals surface area contributed by atoms with Crippen molar-refractivity contribution >= 4 is 29.3 Å². The van der Waals surface area contributed by atoms with Crippen molar-refractivity contribution in [1.29, 1.82) is 0 Å². The van der Waals surface area contributed by atoms with E-state index in [1.165, 1.54) is 0 Å². The molecule has 0 saturated heterocycles. The highest BCUT2D eigenvalue weighted by Crippen LogP contribution is 2.17. The van der Waals surface area contributed by atoms with E-state index in [2.05, 4.69) is 20.4 Å². The summed E-state index contributed by atoms with van der Waals surface area (Å²) in [6.07, 6.45) is -0.382. The van der Waals surface area contributed by atoms with Crippen LogP contribution in [-0.2, 0) is 20.7 Å². The molecular weight excluding hydrogens is 372 g/mol. The molecule has 3 aromatic rings. The molecule has 0 unspecified atom stereocenters. The standard InChI is InChI=1S/C20H24N6O3/c1-11-6-5-7-15(10-11)23-18(28)14(4)29-17(27)9-8-16-12(2)22-20-24-19(21)25-26(20)13(16)3/h5-7,10,14H,8-9H2,1-4H3,(H2,21,25)(H,23,28)/t14-/m0/s1. The number of fused-ring (bicyclic) bond motifs is 1. The second-order valence-corrected chi connectivity index (χ2v) is 6.93. The van der Waals surface area contributed by atoms with Gasteiger partial charge in [0.15, 0.2) is 6.10 Å². The smallest absolute Gasteiger partial charge is 0.306 e. The lowest BCUT2D eigenvalue weighted by Crippen LogP contribution is -2.30. The Bertz CT molecular complexity index is 1080. The summed E-state index contributed by atoms with van der Waals surface area (Å²) < 4.78 is 6.84. The summed E-state index contributed by atoms with van der Waals surface area (Å²) in [4.78, 5) is 32.9. The molecule has 0 radical (unpaired) electrons. The Balaban J connectivity index is 1.59. The Morgan fingerprint density at radius 3 is 2.72 bits per heavy atom. The normalized spacial score (nSPS) is 12.0. The zero-order chi connectivity index (χ0) is 21.1. The number of carbonyl (C=O) groups excluding carboxylic acids is 2. The quantitative estimate of drug-likeness (QED) is 0.612. The molecule has 3 N–H and O–H groups in total. The number of benzene rings is 1. The number of amides is 1. The molecule has 1 amide bonds. The summed E-state index contributed by atoms with van der Waals surface area (Å²) in [5.41, 5.74) is 9.76. The minimum atomic E-state index is -0.902. The fourth-order valence-electron chi connectivity index (χ4n) is 3.09. The molecule has 0 saturated carbocycles. The maximum absolute atomic E-state index is 12.3. The van der Waals surface area contributed by atoms with Crippen LogP contribution in [0.1, 0.15) is 35.9 Å². The number of carbonyl (C=O) groups is 2. The molecule has 0 bridgehead atoms. The van der Waals surface area contributed by atoms with E-state index >= 15 is 0 Å². The first-order valence-electron chi connectivity index (χ1n) is 9.30. The van der Waals surface area contributed by atoms with Crippen molar-refractivity contribution in [1.82, 2.24) is 19.6 Å². The molecule has 0 fully saturated rings. The SMILES string of the molecule is Cc1cccc(NC(=O)[C@H](C)OC(=O)CCc2c(C)nc3nc(N)nn3c2C)c1. The van der Waals surface area contributed by atoms with E-state index in [0.717, 1.165) is 22.5 Å². The molecule has 0 spiro atoms. The van der Waals surface area contributed by atoms with Crippen molar-refractivity contribution in [2.24, 2.45) is 0 Å². The van der Waals surface area contributed by atoms with E-state index in [9.17, 15) is 9.59 Å². The van der Waals surface area contributed by atoms with Crippen LogP contribution in [-0.4, -0.2) is 37.6 Å². The van der Waals surface area contributed by atoms with E-state index in [1.54, 1.807) is 17.5 Å². The third-order valence-electron chi connectivity index (χ3n) is 4.61. The van der Waals surface area contributed by atoms with E-state index < -0.39 is 12.1 Å². The lowest BCUT2D eigenvalue weighted by molar-refractivity contribution is -0.153. The largest absolute Gasteiger partial charge is 0.453 e. The maximum atomic E-state index is 12.3. The van der Waals surface area contributed by atoms with Crippen LogP contribution in [0, 0.1) is 20.8 Å². The lowest BCUT2D eigenvalue weighted by atomic mass is 10.1. The number of nitrogens with zero attached hydrogens (tertiary/aromatic N) is 4. The summed E-state index contributed by atoms with van der Waals surface area (Å²) in [5, 5.41) is 6.86. The second-order valence-electron chi connectivity index (χ2n) is 6.93. The average Bonchev–Trinajstić information content (AvgIpc) is 3.01. The molecule has 9 nitrogen and oxygen atoms in total.